The zero-order valence-electron chi connectivity index (χ0n) is 10.5. The molecule has 0 saturated carbocycles. The molecule has 2 aromatic rings. The molecule has 0 fully saturated rings. The maximum atomic E-state index is 13.1. The minimum absolute atomic E-state index is 0.174. The van der Waals surface area contributed by atoms with E-state index in [1.54, 1.807) is 31.2 Å². The quantitative estimate of drug-likeness (QED) is 0.888. The van der Waals surface area contributed by atoms with Crippen LogP contribution in [0.4, 0.5) is 15.9 Å². The van der Waals surface area contributed by atoms with Crippen molar-refractivity contribution in [2.75, 3.05) is 11.1 Å². The van der Waals surface area contributed by atoms with E-state index in [1.165, 1.54) is 12.3 Å². The van der Waals surface area contributed by atoms with E-state index in [0.29, 0.717) is 17.1 Å². The fourth-order valence-electron chi connectivity index (χ4n) is 1.67. The van der Waals surface area contributed by atoms with Crippen LogP contribution in [-0.2, 0) is 11.2 Å². The summed E-state index contributed by atoms with van der Waals surface area (Å²) in [6, 6.07) is 7.90. The highest BCUT2D eigenvalue weighted by Crippen LogP contribution is 2.11. The second-order valence-corrected chi connectivity index (χ2v) is 4.29. The van der Waals surface area contributed by atoms with Gasteiger partial charge in [-0.3, -0.25) is 4.79 Å². The van der Waals surface area contributed by atoms with E-state index in [2.05, 4.69) is 10.3 Å². The molecule has 5 heteroatoms. The number of pyridine rings is 1. The molecule has 19 heavy (non-hydrogen) atoms. The second-order valence-electron chi connectivity index (χ2n) is 4.29. The molecule has 0 saturated heterocycles. The number of amides is 1. The lowest BCUT2D eigenvalue weighted by Gasteiger charge is -2.06. The third-order valence-electron chi connectivity index (χ3n) is 2.64. The summed E-state index contributed by atoms with van der Waals surface area (Å²) in [5, 5.41) is 2.65. The van der Waals surface area contributed by atoms with Crippen molar-refractivity contribution in [3.8, 4) is 0 Å². The number of carbonyl (C=O) groups is 1. The average Bonchev–Trinajstić information content (AvgIpc) is 2.37. The summed E-state index contributed by atoms with van der Waals surface area (Å²) >= 11 is 0. The zero-order valence-corrected chi connectivity index (χ0v) is 10.5. The van der Waals surface area contributed by atoms with Crippen LogP contribution in [0.1, 0.15) is 11.1 Å². The molecule has 1 heterocycles. The second kappa shape index (κ2) is 5.48. The summed E-state index contributed by atoms with van der Waals surface area (Å²) in [7, 11) is 0. The van der Waals surface area contributed by atoms with Crippen molar-refractivity contribution in [1.29, 1.82) is 0 Å². The topological polar surface area (TPSA) is 68.0 Å². The fraction of sp³-hybridized carbons (Fsp3) is 0.143. The molecule has 0 aliphatic carbocycles. The fourth-order valence-corrected chi connectivity index (χ4v) is 1.67. The molecule has 4 nitrogen and oxygen atoms in total. The number of nitrogen functional groups attached to an aromatic ring is 1. The Labute approximate surface area is 110 Å². The van der Waals surface area contributed by atoms with Crippen LogP contribution >= 0.6 is 0 Å². The number of hydrogen-bond donors (Lipinski definition) is 2. The lowest BCUT2D eigenvalue weighted by atomic mass is 10.1. The number of aryl methyl sites for hydroxylation is 1. The lowest BCUT2D eigenvalue weighted by molar-refractivity contribution is -0.115. The van der Waals surface area contributed by atoms with Gasteiger partial charge in [-0.05, 0) is 36.2 Å². The minimum Gasteiger partial charge on any atom is -0.397 e. The Balaban J connectivity index is 2.01. The third-order valence-corrected chi connectivity index (χ3v) is 2.64. The Kier molecular flexibility index (Phi) is 3.75. The molecule has 1 aromatic heterocycles. The van der Waals surface area contributed by atoms with E-state index in [-0.39, 0.29) is 18.1 Å². The third kappa shape index (κ3) is 3.51. The molecule has 0 aliphatic heterocycles. The highest BCUT2D eigenvalue weighted by Gasteiger charge is 2.06. The van der Waals surface area contributed by atoms with E-state index in [1.807, 2.05) is 0 Å². The molecule has 1 amide bonds. The van der Waals surface area contributed by atoms with Crippen molar-refractivity contribution in [2.45, 2.75) is 13.3 Å². The van der Waals surface area contributed by atoms with E-state index in [0.717, 1.165) is 5.56 Å². The van der Waals surface area contributed by atoms with E-state index in [9.17, 15) is 9.18 Å². The number of aromatic nitrogens is 1. The number of nitrogens with two attached hydrogens (primary N) is 1. The van der Waals surface area contributed by atoms with Crippen molar-refractivity contribution in [3.05, 3.63) is 53.5 Å². The number of nitrogens with zero attached hydrogens (tertiary/aromatic N) is 1. The maximum absolute atomic E-state index is 13.1. The first-order valence-corrected chi connectivity index (χ1v) is 5.81. The molecule has 2 rings (SSSR count). The predicted molar refractivity (Wildman–Crippen MR) is 72.1 cm³/mol. The first-order chi connectivity index (χ1) is 9.04. The van der Waals surface area contributed by atoms with Crippen LogP contribution in [0.2, 0.25) is 0 Å². The number of benzene rings is 1. The van der Waals surface area contributed by atoms with Gasteiger partial charge in [0.2, 0.25) is 5.91 Å². The molecule has 0 bridgehead atoms. The van der Waals surface area contributed by atoms with Gasteiger partial charge in [0.05, 0.1) is 18.3 Å². The standard InChI is InChI=1S/C14H14FN3O/c1-9-6-10(2-4-12(9)15)7-14(19)18-13-5-3-11(16)8-17-13/h2-6,8H,7,16H2,1H3,(H,17,18,19). The van der Waals surface area contributed by atoms with Crippen LogP contribution in [0.3, 0.4) is 0 Å². The monoisotopic (exact) mass is 259 g/mol. The van der Waals surface area contributed by atoms with E-state index < -0.39 is 0 Å². The molecule has 0 radical (unpaired) electrons. The number of nitrogens with one attached hydrogen (secondary N) is 1. The highest BCUT2D eigenvalue weighted by molar-refractivity contribution is 5.91. The van der Waals surface area contributed by atoms with Crippen molar-refractivity contribution in [1.82, 2.24) is 4.98 Å². The summed E-state index contributed by atoms with van der Waals surface area (Å²) in [5.41, 5.74) is 7.32. The van der Waals surface area contributed by atoms with Crippen molar-refractivity contribution >= 4 is 17.4 Å². The number of rotatable bonds is 3. The van der Waals surface area contributed by atoms with Gasteiger partial charge in [-0.15, -0.1) is 0 Å². The van der Waals surface area contributed by atoms with Gasteiger partial charge < -0.3 is 11.1 Å². The normalized spacial score (nSPS) is 10.2. The number of hydrogen-bond acceptors (Lipinski definition) is 3. The maximum Gasteiger partial charge on any atom is 0.229 e. The van der Waals surface area contributed by atoms with Crippen LogP contribution in [0.5, 0.6) is 0 Å². The molecule has 98 valence electrons. The summed E-state index contributed by atoms with van der Waals surface area (Å²) < 4.78 is 13.1. The van der Waals surface area contributed by atoms with Gasteiger partial charge in [-0.25, -0.2) is 9.37 Å². The highest BCUT2D eigenvalue weighted by atomic mass is 19.1. The Morgan fingerprint density at radius 3 is 2.79 bits per heavy atom. The van der Waals surface area contributed by atoms with E-state index in [4.69, 9.17) is 5.73 Å². The van der Waals surface area contributed by atoms with Gasteiger partial charge in [0.1, 0.15) is 11.6 Å². The predicted octanol–water partition coefficient (Wildman–Crippen LogP) is 2.29. The first-order valence-electron chi connectivity index (χ1n) is 5.81. The number of anilines is 2. The SMILES string of the molecule is Cc1cc(CC(=O)Nc2ccc(N)cn2)ccc1F. The summed E-state index contributed by atoms with van der Waals surface area (Å²) in [6.07, 6.45) is 1.64. The van der Waals surface area contributed by atoms with Gasteiger partial charge in [0.15, 0.2) is 0 Å². The Bertz CT molecular complexity index is 596. The van der Waals surface area contributed by atoms with Gasteiger partial charge in [-0.2, -0.15) is 0 Å². The molecule has 0 atom stereocenters. The molecule has 0 unspecified atom stereocenters. The minimum atomic E-state index is -0.274. The van der Waals surface area contributed by atoms with Crippen LogP contribution in [0.15, 0.2) is 36.5 Å². The molecular weight excluding hydrogens is 245 g/mol. The van der Waals surface area contributed by atoms with Crippen molar-refractivity contribution in [2.24, 2.45) is 0 Å². The van der Waals surface area contributed by atoms with Gasteiger partial charge >= 0.3 is 0 Å². The molecule has 0 aliphatic rings. The Morgan fingerprint density at radius 2 is 2.16 bits per heavy atom. The Morgan fingerprint density at radius 1 is 1.37 bits per heavy atom. The zero-order chi connectivity index (χ0) is 13.8. The molecule has 1 aromatic carbocycles. The Hall–Kier alpha value is -2.43. The smallest absolute Gasteiger partial charge is 0.229 e. The van der Waals surface area contributed by atoms with Crippen molar-refractivity contribution < 1.29 is 9.18 Å². The average molecular weight is 259 g/mol. The molecular formula is C14H14FN3O. The summed E-state index contributed by atoms with van der Waals surface area (Å²) in [4.78, 5) is 15.8. The van der Waals surface area contributed by atoms with Crippen LogP contribution in [-0.4, -0.2) is 10.9 Å². The van der Waals surface area contributed by atoms with Gasteiger partial charge in [0.25, 0.3) is 0 Å². The number of halogens is 1. The van der Waals surface area contributed by atoms with Gasteiger partial charge in [0, 0.05) is 0 Å². The van der Waals surface area contributed by atoms with Crippen LogP contribution < -0.4 is 11.1 Å². The van der Waals surface area contributed by atoms with Gasteiger partial charge in [-0.1, -0.05) is 12.1 Å². The lowest BCUT2D eigenvalue weighted by Crippen LogP contribution is -2.15. The summed E-state index contributed by atoms with van der Waals surface area (Å²) in [6.45, 7) is 1.66. The van der Waals surface area contributed by atoms with Crippen LogP contribution in [0, 0.1) is 12.7 Å². The van der Waals surface area contributed by atoms with E-state index >= 15 is 0 Å². The summed E-state index contributed by atoms with van der Waals surface area (Å²) in [5.74, 6) is -0.0364. The van der Waals surface area contributed by atoms with Crippen LogP contribution in [0.25, 0.3) is 0 Å². The first kappa shape index (κ1) is 13.0. The molecule has 3 N–H and O–H groups in total. The van der Waals surface area contributed by atoms with Crippen molar-refractivity contribution in [3.63, 3.8) is 0 Å². The molecule has 0 spiro atoms. The largest absolute Gasteiger partial charge is 0.397 e. The number of carbonyl (C=O) groups excluding carboxylic acids is 1.